The number of hydrogen-bond acceptors (Lipinski definition) is 4. The van der Waals surface area contributed by atoms with Gasteiger partial charge in [-0.2, -0.15) is 0 Å². The molecule has 1 aliphatic rings. The number of nitrogens with one attached hydrogen (secondary N) is 1. The summed E-state index contributed by atoms with van der Waals surface area (Å²) in [6.45, 7) is 2.29. The highest BCUT2D eigenvalue weighted by Crippen LogP contribution is 2.23. The molecule has 0 bridgehead atoms. The summed E-state index contributed by atoms with van der Waals surface area (Å²) < 4.78 is 0. The molecule has 2 aromatic heterocycles. The Kier molecular flexibility index (Phi) is 4.56. The third-order valence-electron chi connectivity index (χ3n) is 5.09. The third-order valence-corrected chi connectivity index (χ3v) is 5.09. The number of fused-ring (bicyclic) bond motifs is 1. The maximum Gasteiger partial charge on any atom is 0.225 e. The summed E-state index contributed by atoms with van der Waals surface area (Å²) in [7, 11) is 1.89. The molecule has 0 atom stereocenters. The predicted molar refractivity (Wildman–Crippen MR) is 102 cm³/mol. The van der Waals surface area contributed by atoms with Gasteiger partial charge in [-0.25, -0.2) is 4.98 Å². The number of benzene rings is 1. The number of rotatable bonds is 4. The first-order valence-corrected chi connectivity index (χ1v) is 9.03. The summed E-state index contributed by atoms with van der Waals surface area (Å²) in [6.07, 6.45) is 6.88. The minimum Gasteiger partial charge on any atom is -0.357 e. The van der Waals surface area contributed by atoms with E-state index in [1.807, 2.05) is 24.1 Å². The van der Waals surface area contributed by atoms with Crippen LogP contribution in [0.15, 0.2) is 48.9 Å². The van der Waals surface area contributed by atoms with E-state index in [4.69, 9.17) is 0 Å². The Hall–Kier alpha value is -2.89. The second-order valence-corrected chi connectivity index (χ2v) is 6.90. The second-order valence-electron chi connectivity index (χ2n) is 6.90. The van der Waals surface area contributed by atoms with Crippen molar-refractivity contribution < 1.29 is 4.79 Å². The normalized spacial score (nSPS) is 15.3. The van der Waals surface area contributed by atoms with Crippen LogP contribution < -0.4 is 4.90 Å². The minimum atomic E-state index is 0.0808. The first-order chi connectivity index (χ1) is 12.7. The Bertz CT molecular complexity index is 850. The molecular weight excluding hydrogens is 326 g/mol. The maximum absolute atomic E-state index is 12.8. The molecule has 6 nitrogen and oxygen atoms in total. The fourth-order valence-electron chi connectivity index (χ4n) is 3.67. The van der Waals surface area contributed by atoms with Crippen molar-refractivity contribution in [2.75, 3.05) is 25.0 Å². The number of hydrogen-bond donors (Lipinski definition) is 1. The number of amides is 1. The van der Waals surface area contributed by atoms with E-state index in [2.05, 4.69) is 38.1 Å². The Morgan fingerprint density at radius 1 is 1.27 bits per heavy atom. The van der Waals surface area contributed by atoms with E-state index in [1.54, 1.807) is 18.6 Å². The molecule has 3 aromatic rings. The summed E-state index contributed by atoms with van der Waals surface area (Å²) in [5, 5.41) is 1.18. The number of para-hydroxylation sites is 1. The van der Waals surface area contributed by atoms with Crippen molar-refractivity contribution >= 4 is 22.6 Å². The highest BCUT2D eigenvalue weighted by Gasteiger charge is 2.27. The lowest BCUT2D eigenvalue weighted by Gasteiger charge is -2.33. The molecule has 3 heterocycles. The number of piperidine rings is 1. The van der Waals surface area contributed by atoms with Gasteiger partial charge in [0.25, 0.3) is 0 Å². The number of carbonyl (C=O) groups excluding carboxylic acids is 1. The average molecular weight is 349 g/mol. The molecule has 134 valence electrons. The van der Waals surface area contributed by atoms with Crippen LogP contribution in [0.2, 0.25) is 0 Å². The van der Waals surface area contributed by atoms with Crippen LogP contribution in [-0.2, 0) is 11.3 Å². The molecule has 1 aromatic carbocycles. The lowest BCUT2D eigenvalue weighted by Crippen LogP contribution is -2.41. The van der Waals surface area contributed by atoms with Crippen LogP contribution in [0.1, 0.15) is 18.5 Å². The fraction of sp³-hybridized carbons (Fsp3) is 0.350. The molecule has 1 aliphatic heterocycles. The predicted octanol–water partition coefficient (Wildman–Crippen LogP) is 2.83. The van der Waals surface area contributed by atoms with Gasteiger partial charge in [-0.3, -0.25) is 9.78 Å². The molecule has 0 unspecified atom stereocenters. The van der Waals surface area contributed by atoms with Gasteiger partial charge < -0.3 is 14.8 Å². The molecule has 0 saturated carbocycles. The fourth-order valence-corrected chi connectivity index (χ4v) is 3.67. The van der Waals surface area contributed by atoms with E-state index in [-0.39, 0.29) is 11.8 Å². The van der Waals surface area contributed by atoms with Crippen molar-refractivity contribution in [2.45, 2.75) is 19.4 Å². The summed E-state index contributed by atoms with van der Waals surface area (Å²) in [6, 6.07) is 10.3. The number of carbonyl (C=O) groups is 1. The summed E-state index contributed by atoms with van der Waals surface area (Å²) in [5.41, 5.74) is 2.18. The van der Waals surface area contributed by atoms with Crippen molar-refractivity contribution in [2.24, 2.45) is 5.92 Å². The molecular formula is C20H23N5O. The molecule has 1 saturated heterocycles. The van der Waals surface area contributed by atoms with Gasteiger partial charge in [-0.05, 0) is 30.4 Å². The number of nitrogens with zero attached hydrogens (tertiary/aromatic N) is 4. The zero-order valence-corrected chi connectivity index (χ0v) is 14.9. The SMILES string of the molecule is CN(Cc1cc2ccccc2[nH]1)C(=O)C1CCN(c2cnccn2)CC1. The van der Waals surface area contributed by atoms with Crippen molar-refractivity contribution in [3.05, 3.63) is 54.6 Å². The standard InChI is InChI=1S/C20H23N5O/c1-24(14-17-12-16-4-2-3-5-18(16)23-17)20(26)15-6-10-25(11-7-15)19-13-21-8-9-22-19/h2-5,8-9,12-13,15,23H,6-7,10-11,14H2,1H3. The first-order valence-electron chi connectivity index (χ1n) is 9.03. The molecule has 6 heteroatoms. The van der Waals surface area contributed by atoms with Crippen LogP contribution in [0.5, 0.6) is 0 Å². The maximum atomic E-state index is 12.8. The number of H-pyrrole nitrogens is 1. The molecule has 0 aliphatic carbocycles. The van der Waals surface area contributed by atoms with Gasteiger partial charge >= 0.3 is 0 Å². The van der Waals surface area contributed by atoms with Crippen molar-refractivity contribution in [3.63, 3.8) is 0 Å². The lowest BCUT2D eigenvalue weighted by atomic mass is 9.95. The summed E-state index contributed by atoms with van der Waals surface area (Å²) >= 11 is 0. The monoisotopic (exact) mass is 349 g/mol. The zero-order chi connectivity index (χ0) is 17.9. The Morgan fingerprint density at radius 2 is 2.08 bits per heavy atom. The molecule has 0 radical (unpaired) electrons. The van der Waals surface area contributed by atoms with Gasteiger partial charge in [-0.15, -0.1) is 0 Å². The van der Waals surface area contributed by atoms with Gasteiger partial charge in [0.15, 0.2) is 0 Å². The summed E-state index contributed by atoms with van der Waals surface area (Å²) in [4.78, 5) is 28.7. The average Bonchev–Trinajstić information content (AvgIpc) is 3.10. The third kappa shape index (κ3) is 3.40. The quantitative estimate of drug-likeness (QED) is 0.787. The van der Waals surface area contributed by atoms with Gasteiger partial charge in [0.1, 0.15) is 5.82 Å². The molecule has 1 fully saturated rings. The number of anilines is 1. The van der Waals surface area contributed by atoms with Crippen LogP contribution in [-0.4, -0.2) is 45.9 Å². The highest BCUT2D eigenvalue weighted by molar-refractivity contribution is 5.81. The van der Waals surface area contributed by atoms with Crippen molar-refractivity contribution in [1.82, 2.24) is 19.9 Å². The largest absolute Gasteiger partial charge is 0.357 e. The smallest absolute Gasteiger partial charge is 0.225 e. The van der Waals surface area contributed by atoms with E-state index >= 15 is 0 Å². The van der Waals surface area contributed by atoms with Gasteiger partial charge in [-0.1, -0.05) is 18.2 Å². The molecule has 26 heavy (non-hydrogen) atoms. The molecule has 1 amide bonds. The lowest BCUT2D eigenvalue weighted by molar-refractivity contribution is -0.135. The number of aromatic amines is 1. The Balaban J connectivity index is 1.35. The molecule has 4 rings (SSSR count). The van der Waals surface area contributed by atoms with E-state index in [9.17, 15) is 4.79 Å². The van der Waals surface area contributed by atoms with Crippen molar-refractivity contribution in [1.29, 1.82) is 0 Å². The Morgan fingerprint density at radius 3 is 2.81 bits per heavy atom. The first kappa shape index (κ1) is 16.6. The van der Waals surface area contributed by atoms with E-state index in [0.29, 0.717) is 6.54 Å². The van der Waals surface area contributed by atoms with Crippen molar-refractivity contribution in [3.8, 4) is 0 Å². The Labute approximate surface area is 152 Å². The van der Waals surface area contributed by atoms with Crippen LogP contribution >= 0.6 is 0 Å². The second kappa shape index (κ2) is 7.15. The van der Waals surface area contributed by atoms with Crippen LogP contribution in [0.4, 0.5) is 5.82 Å². The van der Waals surface area contributed by atoms with Gasteiger partial charge in [0, 0.05) is 49.7 Å². The molecule has 1 N–H and O–H groups in total. The summed E-state index contributed by atoms with van der Waals surface area (Å²) in [5.74, 6) is 1.20. The van der Waals surface area contributed by atoms with E-state index in [0.717, 1.165) is 43.0 Å². The van der Waals surface area contributed by atoms with Gasteiger partial charge in [0.05, 0.1) is 12.7 Å². The van der Waals surface area contributed by atoms with E-state index < -0.39 is 0 Å². The highest BCUT2D eigenvalue weighted by atomic mass is 16.2. The zero-order valence-electron chi connectivity index (χ0n) is 14.9. The van der Waals surface area contributed by atoms with E-state index in [1.165, 1.54) is 5.39 Å². The van der Waals surface area contributed by atoms with Crippen LogP contribution in [0, 0.1) is 5.92 Å². The number of aromatic nitrogens is 3. The van der Waals surface area contributed by atoms with Gasteiger partial charge in [0.2, 0.25) is 5.91 Å². The minimum absolute atomic E-state index is 0.0808. The van der Waals surface area contributed by atoms with Crippen LogP contribution in [0.3, 0.4) is 0 Å². The molecule has 0 spiro atoms. The topological polar surface area (TPSA) is 65.1 Å². The van der Waals surface area contributed by atoms with Crippen LogP contribution in [0.25, 0.3) is 10.9 Å².